The predicted octanol–water partition coefficient (Wildman–Crippen LogP) is 3.42. The van der Waals surface area contributed by atoms with Gasteiger partial charge in [-0.15, -0.1) is 10.2 Å². The summed E-state index contributed by atoms with van der Waals surface area (Å²) in [4.78, 5) is 0. The number of hydrogen-bond acceptors (Lipinski definition) is 3. The number of nitrogens with zero attached hydrogens (tertiary/aromatic N) is 4. The van der Waals surface area contributed by atoms with Crippen LogP contribution in [0.2, 0.25) is 0 Å². The summed E-state index contributed by atoms with van der Waals surface area (Å²) in [5, 5.41) is 19.7. The van der Waals surface area contributed by atoms with E-state index >= 15 is 0 Å². The van der Waals surface area contributed by atoms with Crippen LogP contribution in [-0.2, 0) is 0 Å². The molecule has 0 aliphatic heterocycles. The maximum Gasteiger partial charge on any atom is 0.168 e. The van der Waals surface area contributed by atoms with Crippen molar-refractivity contribution < 1.29 is 0 Å². The van der Waals surface area contributed by atoms with Crippen LogP contribution < -0.4 is 0 Å². The molecule has 98 valence electrons. The van der Waals surface area contributed by atoms with Crippen LogP contribution in [0.5, 0.6) is 0 Å². The van der Waals surface area contributed by atoms with E-state index in [1.807, 2.05) is 34.9 Å². The highest BCUT2D eigenvalue weighted by molar-refractivity contribution is 5.95. The van der Waals surface area contributed by atoms with Gasteiger partial charge in [0.15, 0.2) is 11.5 Å². The molecule has 2 heterocycles. The van der Waals surface area contributed by atoms with Gasteiger partial charge in [0.2, 0.25) is 0 Å². The molecule has 0 N–H and O–H groups in total. The highest BCUT2D eigenvalue weighted by Crippen LogP contribution is 2.27. The van der Waals surface area contributed by atoms with Gasteiger partial charge in [-0.2, -0.15) is 5.26 Å². The third kappa shape index (κ3) is 1.76. The van der Waals surface area contributed by atoms with E-state index in [-0.39, 0.29) is 0 Å². The van der Waals surface area contributed by atoms with Gasteiger partial charge in [0.25, 0.3) is 0 Å². The summed E-state index contributed by atoms with van der Waals surface area (Å²) in [7, 11) is 0. The largest absolute Gasteiger partial charge is 0.282 e. The summed E-state index contributed by atoms with van der Waals surface area (Å²) in [5.74, 6) is 0.784. The Morgan fingerprint density at radius 2 is 1.81 bits per heavy atom. The smallest absolute Gasteiger partial charge is 0.168 e. The topological polar surface area (TPSA) is 54.0 Å². The van der Waals surface area contributed by atoms with Crippen LogP contribution in [0.25, 0.3) is 27.8 Å². The molecule has 0 bridgehead atoms. The van der Waals surface area contributed by atoms with Crippen LogP contribution in [0.15, 0.2) is 60.8 Å². The number of fused-ring (bicyclic) bond motifs is 2. The normalized spacial score (nSPS) is 10.8. The minimum Gasteiger partial charge on any atom is -0.282 e. The van der Waals surface area contributed by atoms with E-state index in [2.05, 4.69) is 34.5 Å². The monoisotopic (exact) mass is 270 g/mol. The summed E-state index contributed by atoms with van der Waals surface area (Å²) >= 11 is 0. The first-order valence-electron chi connectivity index (χ1n) is 6.60. The van der Waals surface area contributed by atoms with Crippen LogP contribution in [0.1, 0.15) is 5.56 Å². The van der Waals surface area contributed by atoms with Gasteiger partial charge in [-0.25, -0.2) is 0 Å². The second-order valence-electron chi connectivity index (χ2n) is 4.81. The Balaban J connectivity index is 2.03. The molecule has 0 saturated carbocycles. The second-order valence-corrected chi connectivity index (χ2v) is 4.81. The van der Waals surface area contributed by atoms with Gasteiger partial charge >= 0.3 is 0 Å². The molecular weight excluding hydrogens is 260 g/mol. The van der Waals surface area contributed by atoms with Crippen LogP contribution in [0.3, 0.4) is 0 Å². The fourth-order valence-corrected chi connectivity index (χ4v) is 2.56. The number of nitriles is 1. The Morgan fingerprint density at radius 1 is 0.952 bits per heavy atom. The van der Waals surface area contributed by atoms with Crippen LogP contribution in [0, 0.1) is 11.3 Å². The lowest BCUT2D eigenvalue weighted by atomic mass is 10.0. The van der Waals surface area contributed by atoms with Crippen molar-refractivity contribution in [2.75, 3.05) is 0 Å². The predicted molar refractivity (Wildman–Crippen MR) is 80.6 cm³/mol. The van der Waals surface area contributed by atoms with Gasteiger partial charge in [0.05, 0.1) is 11.6 Å². The van der Waals surface area contributed by atoms with Gasteiger partial charge in [0.1, 0.15) is 0 Å². The molecule has 2 aromatic heterocycles. The lowest BCUT2D eigenvalue weighted by molar-refractivity contribution is 1.11. The minimum absolute atomic E-state index is 0.583. The molecule has 0 spiro atoms. The lowest BCUT2D eigenvalue weighted by Gasteiger charge is -2.05. The summed E-state index contributed by atoms with van der Waals surface area (Å²) < 4.78 is 1.91. The van der Waals surface area contributed by atoms with Crippen LogP contribution in [-0.4, -0.2) is 14.6 Å². The van der Waals surface area contributed by atoms with Gasteiger partial charge in [-0.1, -0.05) is 42.5 Å². The zero-order valence-corrected chi connectivity index (χ0v) is 11.1. The molecule has 4 nitrogen and oxygen atoms in total. The standard InChI is InChI=1S/C17H10N4/c18-11-12-8-9-21-16(10-12)19-20-17(21)15-7-3-5-13-4-1-2-6-14(13)15/h1-10H. The van der Waals surface area contributed by atoms with Crippen LogP contribution in [0.4, 0.5) is 0 Å². The lowest BCUT2D eigenvalue weighted by Crippen LogP contribution is -1.91. The molecule has 4 aromatic rings. The zero-order valence-electron chi connectivity index (χ0n) is 11.1. The fraction of sp³-hybridized carbons (Fsp3) is 0. The number of benzene rings is 2. The Kier molecular flexibility index (Phi) is 2.45. The van der Waals surface area contributed by atoms with Crippen molar-refractivity contribution in [1.29, 1.82) is 5.26 Å². The van der Waals surface area contributed by atoms with Crippen molar-refractivity contribution in [2.45, 2.75) is 0 Å². The third-order valence-electron chi connectivity index (χ3n) is 3.57. The van der Waals surface area contributed by atoms with Gasteiger partial charge in [-0.3, -0.25) is 4.40 Å². The van der Waals surface area contributed by atoms with Gasteiger partial charge in [-0.05, 0) is 16.8 Å². The van der Waals surface area contributed by atoms with Gasteiger partial charge < -0.3 is 0 Å². The molecule has 0 aliphatic carbocycles. The quantitative estimate of drug-likeness (QED) is 0.532. The molecule has 4 heteroatoms. The Hall–Kier alpha value is -3.19. The van der Waals surface area contributed by atoms with Crippen molar-refractivity contribution in [3.8, 4) is 17.5 Å². The van der Waals surface area contributed by atoms with E-state index in [0.717, 1.165) is 16.8 Å². The van der Waals surface area contributed by atoms with Crippen molar-refractivity contribution in [3.05, 3.63) is 66.4 Å². The molecule has 21 heavy (non-hydrogen) atoms. The molecule has 0 atom stereocenters. The van der Waals surface area contributed by atoms with E-state index in [9.17, 15) is 0 Å². The molecule has 0 aliphatic rings. The SMILES string of the molecule is N#Cc1ccn2c(-c3cccc4ccccc34)nnc2c1. The van der Waals surface area contributed by atoms with E-state index in [0.29, 0.717) is 11.2 Å². The van der Waals surface area contributed by atoms with E-state index in [4.69, 9.17) is 5.26 Å². The first kappa shape index (κ1) is 11.6. The number of rotatable bonds is 1. The molecule has 0 saturated heterocycles. The molecule has 4 rings (SSSR count). The Bertz CT molecular complexity index is 1000. The maximum atomic E-state index is 8.95. The number of aromatic nitrogens is 3. The molecule has 0 unspecified atom stereocenters. The number of hydrogen-bond donors (Lipinski definition) is 0. The number of pyridine rings is 1. The first-order chi connectivity index (χ1) is 10.4. The highest BCUT2D eigenvalue weighted by atomic mass is 15.2. The zero-order chi connectivity index (χ0) is 14.2. The summed E-state index contributed by atoms with van der Waals surface area (Å²) in [6.45, 7) is 0. The average molecular weight is 270 g/mol. The molecular formula is C17H10N4. The summed E-state index contributed by atoms with van der Waals surface area (Å²) in [6.07, 6.45) is 1.84. The van der Waals surface area contributed by atoms with Gasteiger partial charge in [0, 0.05) is 17.8 Å². The summed E-state index contributed by atoms with van der Waals surface area (Å²) in [5.41, 5.74) is 2.29. The Morgan fingerprint density at radius 3 is 2.71 bits per heavy atom. The maximum absolute atomic E-state index is 8.95. The third-order valence-corrected chi connectivity index (χ3v) is 3.57. The molecule has 0 radical (unpaired) electrons. The van der Waals surface area contributed by atoms with Crippen molar-refractivity contribution in [3.63, 3.8) is 0 Å². The fourth-order valence-electron chi connectivity index (χ4n) is 2.56. The van der Waals surface area contributed by atoms with E-state index in [1.165, 1.54) is 5.39 Å². The average Bonchev–Trinajstić information content (AvgIpc) is 2.97. The van der Waals surface area contributed by atoms with E-state index < -0.39 is 0 Å². The van der Waals surface area contributed by atoms with Crippen LogP contribution >= 0.6 is 0 Å². The highest BCUT2D eigenvalue weighted by Gasteiger charge is 2.11. The van der Waals surface area contributed by atoms with Crippen molar-refractivity contribution in [1.82, 2.24) is 14.6 Å². The van der Waals surface area contributed by atoms with Crippen molar-refractivity contribution >= 4 is 16.4 Å². The summed E-state index contributed by atoms with van der Waals surface area (Å²) in [6, 6.07) is 20.0. The second kappa shape index (κ2) is 4.43. The first-order valence-corrected chi connectivity index (χ1v) is 6.60. The minimum atomic E-state index is 0.583. The van der Waals surface area contributed by atoms with E-state index in [1.54, 1.807) is 12.1 Å². The van der Waals surface area contributed by atoms with Crippen molar-refractivity contribution in [2.24, 2.45) is 0 Å². The Labute approximate surface area is 120 Å². The molecule has 0 amide bonds. The molecule has 2 aromatic carbocycles. The molecule has 0 fully saturated rings.